The Balaban J connectivity index is 2.00. The third kappa shape index (κ3) is 3.33. The number of hydrogen-bond acceptors (Lipinski definition) is 8. The molecule has 2 heterocycles. The van der Waals surface area contributed by atoms with Crippen molar-refractivity contribution in [2.45, 2.75) is 0 Å². The molecule has 0 atom stereocenters. The fraction of sp³-hybridized carbons (Fsp3) is 0.250. The zero-order valence-corrected chi connectivity index (χ0v) is 13.5. The molecule has 3 aromatic rings. The summed E-state index contributed by atoms with van der Waals surface area (Å²) < 4.78 is 5.16. The van der Waals surface area contributed by atoms with Crippen molar-refractivity contribution in [1.82, 2.24) is 19.9 Å². The van der Waals surface area contributed by atoms with E-state index in [1.807, 2.05) is 31.3 Å². The van der Waals surface area contributed by atoms with Gasteiger partial charge in [0, 0.05) is 31.7 Å². The van der Waals surface area contributed by atoms with Gasteiger partial charge in [-0.25, -0.2) is 9.97 Å². The summed E-state index contributed by atoms with van der Waals surface area (Å²) in [5.74, 6) is 1.79. The summed E-state index contributed by atoms with van der Waals surface area (Å²) in [6.07, 6.45) is 3.18. The van der Waals surface area contributed by atoms with E-state index in [0.717, 1.165) is 11.4 Å². The van der Waals surface area contributed by atoms with Crippen LogP contribution in [-0.4, -0.2) is 52.4 Å². The van der Waals surface area contributed by atoms with Crippen molar-refractivity contribution in [3.63, 3.8) is 0 Å². The third-order valence-electron chi connectivity index (χ3n) is 3.45. The molecule has 2 aromatic heterocycles. The van der Waals surface area contributed by atoms with E-state index in [1.165, 1.54) is 0 Å². The minimum Gasteiger partial charge on any atom is -0.497 e. The molecule has 0 aliphatic carbocycles. The maximum Gasteiger partial charge on any atom is 0.229 e. The highest BCUT2D eigenvalue weighted by Crippen LogP contribution is 2.24. The van der Waals surface area contributed by atoms with E-state index < -0.39 is 0 Å². The number of aromatic nitrogens is 4. The molecule has 8 nitrogen and oxygen atoms in total. The van der Waals surface area contributed by atoms with Gasteiger partial charge in [-0.15, -0.1) is 0 Å². The molecular formula is C16H18N6O2. The molecule has 0 bridgehead atoms. The Bertz CT molecular complexity index is 824. The van der Waals surface area contributed by atoms with Gasteiger partial charge in [0.05, 0.1) is 13.7 Å². The Morgan fingerprint density at radius 3 is 2.58 bits per heavy atom. The average Bonchev–Trinajstić information content (AvgIpc) is 2.62. The second-order valence-corrected chi connectivity index (χ2v) is 5.10. The molecule has 2 N–H and O–H groups in total. The molecule has 0 amide bonds. The predicted molar refractivity (Wildman–Crippen MR) is 91.8 cm³/mol. The second-order valence-electron chi connectivity index (χ2n) is 5.10. The number of ether oxygens (including phenoxy) is 1. The van der Waals surface area contributed by atoms with Crippen LogP contribution in [0.2, 0.25) is 0 Å². The van der Waals surface area contributed by atoms with Crippen molar-refractivity contribution < 1.29 is 9.84 Å². The standard InChI is InChI=1S/C16H18N6O2/c1-22(9-10-23)16-20-14-13(17-7-8-18-14)15(21-16)19-11-3-5-12(24-2)6-4-11/h3-8,23H,9-10H2,1-2H3,(H,18,19,20,21). The number of nitrogens with one attached hydrogen (secondary N) is 1. The summed E-state index contributed by atoms with van der Waals surface area (Å²) >= 11 is 0. The number of likely N-dealkylation sites (N-methyl/N-ethyl adjacent to an activating group) is 1. The Morgan fingerprint density at radius 2 is 1.88 bits per heavy atom. The van der Waals surface area contributed by atoms with Crippen molar-refractivity contribution in [2.75, 3.05) is 37.5 Å². The molecule has 0 saturated carbocycles. The highest BCUT2D eigenvalue weighted by atomic mass is 16.5. The molecule has 24 heavy (non-hydrogen) atoms. The third-order valence-corrected chi connectivity index (χ3v) is 3.45. The Labute approximate surface area is 139 Å². The molecule has 0 fully saturated rings. The van der Waals surface area contributed by atoms with E-state index in [2.05, 4.69) is 25.3 Å². The number of aliphatic hydroxyl groups is 1. The normalized spacial score (nSPS) is 10.6. The Kier molecular flexibility index (Phi) is 4.66. The summed E-state index contributed by atoms with van der Waals surface area (Å²) in [6.45, 7) is 0.438. The van der Waals surface area contributed by atoms with Gasteiger partial charge in [0.15, 0.2) is 17.0 Å². The quantitative estimate of drug-likeness (QED) is 0.705. The van der Waals surface area contributed by atoms with Crippen LogP contribution in [-0.2, 0) is 0 Å². The van der Waals surface area contributed by atoms with Gasteiger partial charge in [-0.1, -0.05) is 0 Å². The first-order valence-corrected chi connectivity index (χ1v) is 7.43. The molecule has 0 aliphatic rings. The fourth-order valence-corrected chi connectivity index (χ4v) is 2.17. The van der Waals surface area contributed by atoms with Gasteiger partial charge in [0.1, 0.15) is 5.75 Å². The molecule has 0 radical (unpaired) electrons. The lowest BCUT2D eigenvalue weighted by atomic mass is 10.3. The van der Waals surface area contributed by atoms with E-state index in [-0.39, 0.29) is 6.61 Å². The molecular weight excluding hydrogens is 308 g/mol. The van der Waals surface area contributed by atoms with E-state index in [4.69, 9.17) is 9.84 Å². The van der Waals surface area contributed by atoms with Gasteiger partial charge >= 0.3 is 0 Å². The zero-order chi connectivity index (χ0) is 16.9. The minimum absolute atomic E-state index is 0.0135. The number of fused-ring (bicyclic) bond motifs is 1. The van der Waals surface area contributed by atoms with Gasteiger partial charge in [0.2, 0.25) is 5.95 Å². The van der Waals surface area contributed by atoms with Crippen LogP contribution in [0, 0.1) is 0 Å². The van der Waals surface area contributed by atoms with Crippen LogP contribution in [0.5, 0.6) is 5.75 Å². The lowest BCUT2D eigenvalue weighted by Gasteiger charge is -2.17. The first kappa shape index (κ1) is 15.9. The first-order chi connectivity index (χ1) is 11.7. The van der Waals surface area contributed by atoms with Crippen molar-refractivity contribution in [1.29, 1.82) is 0 Å². The summed E-state index contributed by atoms with van der Waals surface area (Å²) in [6, 6.07) is 7.49. The highest BCUT2D eigenvalue weighted by molar-refractivity contribution is 5.85. The highest BCUT2D eigenvalue weighted by Gasteiger charge is 2.13. The van der Waals surface area contributed by atoms with Gasteiger partial charge in [0.25, 0.3) is 0 Å². The number of benzene rings is 1. The summed E-state index contributed by atoms with van der Waals surface area (Å²) in [5, 5.41) is 12.3. The molecule has 0 aliphatic heterocycles. The van der Waals surface area contributed by atoms with Crippen molar-refractivity contribution in [3.05, 3.63) is 36.7 Å². The van der Waals surface area contributed by atoms with Crippen LogP contribution in [0.1, 0.15) is 0 Å². The number of methoxy groups -OCH3 is 1. The topological polar surface area (TPSA) is 96.3 Å². The van der Waals surface area contributed by atoms with Gasteiger partial charge < -0.3 is 20.1 Å². The molecule has 8 heteroatoms. The molecule has 3 rings (SSSR count). The monoisotopic (exact) mass is 326 g/mol. The van der Waals surface area contributed by atoms with Crippen LogP contribution in [0.25, 0.3) is 11.2 Å². The SMILES string of the molecule is COc1ccc(Nc2nc(N(C)CCO)nc3nccnc23)cc1. The first-order valence-electron chi connectivity index (χ1n) is 7.43. The predicted octanol–water partition coefficient (Wildman–Crippen LogP) is 1.60. The van der Waals surface area contributed by atoms with E-state index in [0.29, 0.717) is 29.5 Å². The summed E-state index contributed by atoms with van der Waals surface area (Å²) in [5.41, 5.74) is 1.91. The maximum absolute atomic E-state index is 9.11. The lowest BCUT2D eigenvalue weighted by Crippen LogP contribution is -2.23. The number of aliphatic hydroxyl groups excluding tert-OH is 1. The molecule has 0 saturated heterocycles. The fourth-order valence-electron chi connectivity index (χ4n) is 2.17. The minimum atomic E-state index is 0.0135. The van der Waals surface area contributed by atoms with Gasteiger partial charge in [-0.2, -0.15) is 9.97 Å². The van der Waals surface area contributed by atoms with Crippen molar-refractivity contribution in [2.24, 2.45) is 0 Å². The Morgan fingerprint density at radius 1 is 1.12 bits per heavy atom. The van der Waals surface area contributed by atoms with Crippen LogP contribution in [0.15, 0.2) is 36.7 Å². The van der Waals surface area contributed by atoms with Crippen LogP contribution in [0.3, 0.4) is 0 Å². The zero-order valence-electron chi connectivity index (χ0n) is 13.5. The van der Waals surface area contributed by atoms with Gasteiger partial charge in [-0.05, 0) is 24.3 Å². The number of nitrogens with zero attached hydrogens (tertiary/aromatic N) is 5. The number of anilines is 3. The lowest BCUT2D eigenvalue weighted by molar-refractivity contribution is 0.303. The van der Waals surface area contributed by atoms with E-state index in [9.17, 15) is 0 Å². The van der Waals surface area contributed by atoms with E-state index in [1.54, 1.807) is 24.4 Å². The number of hydrogen-bond donors (Lipinski definition) is 2. The largest absolute Gasteiger partial charge is 0.497 e. The van der Waals surface area contributed by atoms with Crippen LogP contribution >= 0.6 is 0 Å². The molecule has 1 aromatic carbocycles. The second kappa shape index (κ2) is 7.05. The maximum atomic E-state index is 9.11. The van der Waals surface area contributed by atoms with Crippen molar-refractivity contribution in [3.8, 4) is 5.75 Å². The van der Waals surface area contributed by atoms with Crippen LogP contribution < -0.4 is 15.0 Å². The van der Waals surface area contributed by atoms with Crippen LogP contribution in [0.4, 0.5) is 17.5 Å². The number of rotatable bonds is 6. The Hall–Kier alpha value is -3.00. The smallest absolute Gasteiger partial charge is 0.229 e. The molecule has 0 unspecified atom stereocenters. The molecule has 124 valence electrons. The van der Waals surface area contributed by atoms with Crippen molar-refractivity contribution >= 4 is 28.6 Å². The summed E-state index contributed by atoms with van der Waals surface area (Å²) in [4.78, 5) is 19.2. The molecule has 0 spiro atoms. The average molecular weight is 326 g/mol. The van der Waals surface area contributed by atoms with E-state index >= 15 is 0 Å². The summed E-state index contributed by atoms with van der Waals surface area (Å²) in [7, 11) is 3.43. The van der Waals surface area contributed by atoms with Gasteiger partial charge in [-0.3, -0.25) is 0 Å².